The van der Waals surface area contributed by atoms with E-state index in [2.05, 4.69) is 5.32 Å². The molecular weight excluding hydrogens is 310 g/mol. The van der Waals surface area contributed by atoms with Crippen LogP contribution in [0.5, 0.6) is 5.75 Å². The van der Waals surface area contributed by atoms with E-state index in [1.54, 1.807) is 19.1 Å². The first-order chi connectivity index (χ1) is 11.4. The maximum atomic E-state index is 12.3. The Morgan fingerprint density at radius 1 is 1.21 bits per heavy atom. The normalized spacial score (nSPS) is 10.1. The van der Waals surface area contributed by atoms with Crippen molar-refractivity contribution in [2.75, 3.05) is 30.9 Å². The molecule has 1 amide bonds. The van der Waals surface area contributed by atoms with Gasteiger partial charge in [-0.2, -0.15) is 0 Å². The molecule has 0 fully saturated rings. The van der Waals surface area contributed by atoms with E-state index < -0.39 is 10.8 Å². The van der Waals surface area contributed by atoms with E-state index in [9.17, 15) is 14.9 Å². The van der Waals surface area contributed by atoms with Gasteiger partial charge in [0.1, 0.15) is 0 Å². The Kier molecular flexibility index (Phi) is 5.36. The third kappa shape index (κ3) is 4.01. The minimum Gasteiger partial charge on any atom is -0.487 e. The summed E-state index contributed by atoms with van der Waals surface area (Å²) < 4.78 is 5.21. The Bertz CT molecular complexity index is 742. The summed E-state index contributed by atoms with van der Waals surface area (Å²) >= 11 is 0. The molecule has 1 N–H and O–H groups in total. The number of carbonyl (C=O) groups is 1. The second kappa shape index (κ2) is 7.45. The molecule has 2 rings (SSSR count). The highest BCUT2D eigenvalue weighted by Crippen LogP contribution is 2.28. The molecule has 2 aromatic rings. The van der Waals surface area contributed by atoms with Crippen LogP contribution in [0.2, 0.25) is 0 Å². The third-order valence-corrected chi connectivity index (χ3v) is 3.36. The number of nitro groups is 1. The van der Waals surface area contributed by atoms with Crippen LogP contribution in [0.1, 0.15) is 17.3 Å². The van der Waals surface area contributed by atoms with Gasteiger partial charge in [-0.15, -0.1) is 0 Å². The smallest absolute Gasteiger partial charge is 0.311 e. The predicted molar refractivity (Wildman–Crippen MR) is 93.0 cm³/mol. The summed E-state index contributed by atoms with van der Waals surface area (Å²) in [6.45, 7) is 2.05. The molecule has 0 heterocycles. The molecule has 0 saturated carbocycles. The van der Waals surface area contributed by atoms with Crippen molar-refractivity contribution in [3.05, 3.63) is 58.1 Å². The molecule has 7 heteroatoms. The lowest BCUT2D eigenvalue weighted by Crippen LogP contribution is -2.13. The highest BCUT2D eigenvalue weighted by atomic mass is 16.6. The van der Waals surface area contributed by atoms with Crippen molar-refractivity contribution < 1.29 is 14.5 Å². The van der Waals surface area contributed by atoms with Crippen molar-refractivity contribution in [2.45, 2.75) is 6.92 Å². The average molecular weight is 329 g/mol. The summed E-state index contributed by atoms with van der Waals surface area (Å²) in [4.78, 5) is 24.8. The van der Waals surface area contributed by atoms with E-state index >= 15 is 0 Å². The summed E-state index contributed by atoms with van der Waals surface area (Å²) in [5, 5.41) is 13.8. The zero-order valence-electron chi connectivity index (χ0n) is 13.8. The highest BCUT2D eigenvalue weighted by Gasteiger charge is 2.18. The number of benzene rings is 2. The van der Waals surface area contributed by atoms with E-state index in [0.717, 1.165) is 5.69 Å². The molecule has 0 radical (unpaired) electrons. The molecule has 126 valence electrons. The van der Waals surface area contributed by atoms with Crippen molar-refractivity contribution in [1.82, 2.24) is 0 Å². The largest absolute Gasteiger partial charge is 0.487 e. The van der Waals surface area contributed by atoms with E-state index in [0.29, 0.717) is 12.3 Å². The first-order valence-electron chi connectivity index (χ1n) is 7.42. The van der Waals surface area contributed by atoms with Crippen LogP contribution in [0.25, 0.3) is 0 Å². The van der Waals surface area contributed by atoms with Gasteiger partial charge in [-0.05, 0) is 43.3 Å². The minimum atomic E-state index is -0.562. The van der Waals surface area contributed by atoms with Gasteiger partial charge in [-0.1, -0.05) is 0 Å². The molecule has 0 unspecified atom stereocenters. The van der Waals surface area contributed by atoms with Crippen molar-refractivity contribution in [3.63, 3.8) is 0 Å². The van der Waals surface area contributed by atoms with E-state index in [1.807, 2.05) is 31.1 Å². The molecule has 2 aromatic carbocycles. The van der Waals surface area contributed by atoms with Crippen LogP contribution in [0.15, 0.2) is 42.5 Å². The number of hydrogen-bond donors (Lipinski definition) is 1. The number of carbonyl (C=O) groups excluding carboxylic acids is 1. The quantitative estimate of drug-likeness (QED) is 0.649. The number of anilines is 2. The summed E-state index contributed by atoms with van der Waals surface area (Å²) in [5.41, 5.74) is 1.58. The first-order valence-corrected chi connectivity index (χ1v) is 7.42. The van der Waals surface area contributed by atoms with E-state index in [1.165, 1.54) is 18.2 Å². The van der Waals surface area contributed by atoms with E-state index in [4.69, 9.17) is 4.74 Å². The number of rotatable bonds is 6. The fourth-order valence-electron chi connectivity index (χ4n) is 2.13. The number of amides is 1. The summed E-state index contributed by atoms with van der Waals surface area (Å²) in [5.74, 6) is -0.270. The lowest BCUT2D eigenvalue weighted by atomic mass is 10.1. The molecule has 0 aromatic heterocycles. The number of nitrogens with one attached hydrogen (secondary N) is 1. The maximum absolute atomic E-state index is 12.3. The Hall–Kier alpha value is -3.09. The summed E-state index contributed by atoms with van der Waals surface area (Å²) in [7, 11) is 3.85. The SMILES string of the molecule is CCOc1ccc(C(=O)Nc2ccc(N(C)C)cc2)cc1[N+](=O)[O-]. The van der Waals surface area contributed by atoms with Gasteiger partial charge < -0.3 is 15.0 Å². The van der Waals surface area contributed by atoms with Crippen LogP contribution >= 0.6 is 0 Å². The van der Waals surface area contributed by atoms with Crippen LogP contribution in [-0.4, -0.2) is 31.5 Å². The molecule has 0 aliphatic heterocycles. The predicted octanol–water partition coefficient (Wildman–Crippen LogP) is 3.31. The average Bonchev–Trinajstić information content (AvgIpc) is 2.55. The second-order valence-corrected chi connectivity index (χ2v) is 5.27. The van der Waals surface area contributed by atoms with Gasteiger partial charge in [0.25, 0.3) is 5.91 Å². The summed E-state index contributed by atoms with van der Waals surface area (Å²) in [6.07, 6.45) is 0. The fraction of sp³-hybridized carbons (Fsp3) is 0.235. The number of ether oxygens (including phenoxy) is 1. The number of hydrogen-bond acceptors (Lipinski definition) is 5. The fourth-order valence-corrected chi connectivity index (χ4v) is 2.13. The van der Waals surface area contributed by atoms with Crippen molar-refractivity contribution in [3.8, 4) is 5.75 Å². The van der Waals surface area contributed by atoms with Crippen LogP contribution in [0.3, 0.4) is 0 Å². The number of nitrogens with zero attached hydrogens (tertiary/aromatic N) is 2. The highest BCUT2D eigenvalue weighted by molar-refractivity contribution is 6.04. The van der Waals surface area contributed by atoms with Crippen molar-refractivity contribution in [2.24, 2.45) is 0 Å². The molecule has 24 heavy (non-hydrogen) atoms. The van der Waals surface area contributed by atoms with Gasteiger partial charge in [0.15, 0.2) is 5.75 Å². The molecule has 0 saturated heterocycles. The van der Waals surface area contributed by atoms with Gasteiger partial charge in [0, 0.05) is 37.1 Å². The Balaban J connectivity index is 2.20. The van der Waals surface area contributed by atoms with E-state index in [-0.39, 0.29) is 17.0 Å². The molecular formula is C17H19N3O4. The Morgan fingerprint density at radius 3 is 2.42 bits per heavy atom. The maximum Gasteiger partial charge on any atom is 0.311 e. The molecule has 0 aliphatic carbocycles. The van der Waals surface area contributed by atoms with Gasteiger partial charge >= 0.3 is 5.69 Å². The lowest BCUT2D eigenvalue weighted by Gasteiger charge is -2.13. The lowest BCUT2D eigenvalue weighted by molar-refractivity contribution is -0.385. The van der Waals surface area contributed by atoms with Crippen LogP contribution in [0.4, 0.5) is 17.1 Å². The molecule has 0 atom stereocenters. The van der Waals surface area contributed by atoms with Gasteiger partial charge in [0.2, 0.25) is 0 Å². The molecule has 0 spiro atoms. The zero-order chi connectivity index (χ0) is 17.7. The minimum absolute atomic E-state index is 0.148. The van der Waals surface area contributed by atoms with Crippen LogP contribution in [0, 0.1) is 10.1 Å². The van der Waals surface area contributed by atoms with Crippen LogP contribution in [-0.2, 0) is 0 Å². The molecule has 7 nitrogen and oxygen atoms in total. The summed E-state index contributed by atoms with van der Waals surface area (Å²) in [6, 6.07) is 11.4. The van der Waals surface area contributed by atoms with Gasteiger partial charge in [-0.3, -0.25) is 14.9 Å². The van der Waals surface area contributed by atoms with Crippen molar-refractivity contribution in [1.29, 1.82) is 0 Å². The zero-order valence-corrected chi connectivity index (χ0v) is 13.8. The van der Waals surface area contributed by atoms with Crippen molar-refractivity contribution >= 4 is 23.0 Å². The second-order valence-electron chi connectivity index (χ2n) is 5.27. The van der Waals surface area contributed by atoms with Crippen LogP contribution < -0.4 is 15.0 Å². The monoisotopic (exact) mass is 329 g/mol. The standard InChI is InChI=1S/C17H19N3O4/c1-4-24-16-10-5-12(11-15(16)20(22)23)17(21)18-13-6-8-14(9-7-13)19(2)3/h5-11H,4H2,1-3H3,(H,18,21). The Labute approximate surface area is 140 Å². The Morgan fingerprint density at radius 2 is 1.88 bits per heavy atom. The third-order valence-electron chi connectivity index (χ3n) is 3.36. The topological polar surface area (TPSA) is 84.7 Å². The first kappa shape index (κ1) is 17.3. The number of nitro benzene ring substituents is 1. The molecule has 0 aliphatic rings. The van der Waals surface area contributed by atoms with Gasteiger partial charge in [0.05, 0.1) is 11.5 Å². The molecule has 0 bridgehead atoms. The van der Waals surface area contributed by atoms with Gasteiger partial charge in [-0.25, -0.2) is 0 Å².